The molecule has 18 heavy (non-hydrogen) atoms. The van der Waals surface area contributed by atoms with Gasteiger partial charge in [0.15, 0.2) is 6.04 Å². The van der Waals surface area contributed by atoms with Gasteiger partial charge in [-0.25, -0.2) is 4.79 Å². The first-order valence-electron chi connectivity index (χ1n) is 5.29. The molecule has 0 heterocycles. The fourth-order valence-corrected chi connectivity index (χ4v) is 2.26. The maximum absolute atomic E-state index is 11.4. The van der Waals surface area contributed by atoms with Crippen LogP contribution in [0.25, 0.3) is 0 Å². The van der Waals surface area contributed by atoms with Crippen molar-refractivity contribution in [1.82, 2.24) is 4.90 Å². The fourth-order valence-electron chi connectivity index (χ4n) is 1.65. The smallest absolute Gasteiger partial charge is 0.331 e. The first kappa shape index (κ1) is 14.8. The molecule has 1 aromatic rings. The maximum Gasteiger partial charge on any atom is 0.331 e. The number of aliphatic carboxylic acids is 1. The Balaban J connectivity index is 3.37. The Morgan fingerprint density at radius 1 is 1.33 bits per heavy atom. The van der Waals surface area contributed by atoms with Gasteiger partial charge < -0.3 is 10.0 Å². The van der Waals surface area contributed by atoms with E-state index in [0.717, 1.165) is 4.90 Å². The van der Waals surface area contributed by atoms with Gasteiger partial charge in [-0.3, -0.25) is 4.79 Å². The number of hydrogen-bond acceptors (Lipinski definition) is 2. The van der Waals surface area contributed by atoms with Crippen molar-refractivity contribution >= 4 is 35.6 Å². The zero-order valence-corrected chi connectivity index (χ0v) is 11.4. The molecule has 4 nitrogen and oxygen atoms in total. The van der Waals surface area contributed by atoms with E-state index in [9.17, 15) is 14.7 Å². The van der Waals surface area contributed by atoms with E-state index in [1.807, 2.05) is 0 Å². The van der Waals surface area contributed by atoms with Crippen molar-refractivity contribution in [3.8, 4) is 0 Å². The second-order valence-electron chi connectivity index (χ2n) is 4.02. The molecule has 0 spiro atoms. The number of benzene rings is 1. The number of carbonyl (C=O) groups excluding carboxylic acids is 1. The number of nitrogens with zero attached hydrogens (tertiary/aromatic N) is 1. The largest absolute Gasteiger partial charge is 0.479 e. The van der Waals surface area contributed by atoms with Crippen molar-refractivity contribution < 1.29 is 14.7 Å². The Morgan fingerprint density at radius 2 is 1.83 bits per heavy atom. The number of carboxylic acids is 1. The van der Waals surface area contributed by atoms with Crippen molar-refractivity contribution in [3.05, 3.63) is 33.8 Å². The van der Waals surface area contributed by atoms with Gasteiger partial charge in [-0.2, -0.15) is 0 Å². The standard InChI is InChI=1S/C12H13Cl2NO3/c1-7(2)15(6-16)11(12(17)18)10-8(13)4-3-5-9(10)14/h3-7,11H,1-2H3,(H,17,18). The number of carboxylic acid groups (broad SMARTS) is 1. The van der Waals surface area contributed by atoms with E-state index >= 15 is 0 Å². The summed E-state index contributed by atoms with van der Waals surface area (Å²) < 4.78 is 0. The molecule has 1 unspecified atom stereocenters. The molecule has 0 aliphatic carbocycles. The molecule has 6 heteroatoms. The summed E-state index contributed by atoms with van der Waals surface area (Å²) in [6.07, 6.45) is 0.489. The number of rotatable bonds is 5. The van der Waals surface area contributed by atoms with Crippen LogP contribution in [0.1, 0.15) is 25.5 Å². The third-order valence-corrected chi connectivity index (χ3v) is 3.18. The summed E-state index contributed by atoms with van der Waals surface area (Å²) in [4.78, 5) is 23.6. The van der Waals surface area contributed by atoms with Crippen LogP contribution in [0.2, 0.25) is 10.0 Å². The molecule has 0 radical (unpaired) electrons. The monoisotopic (exact) mass is 289 g/mol. The average molecular weight is 290 g/mol. The van der Waals surface area contributed by atoms with E-state index in [2.05, 4.69) is 0 Å². The van der Waals surface area contributed by atoms with Crippen molar-refractivity contribution in [3.63, 3.8) is 0 Å². The molecule has 0 aliphatic heterocycles. The molecule has 1 aromatic carbocycles. The van der Waals surface area contributed by atoms with E-state index in [1.54, 1.807) is 32.0 Å². The minimum atomic E-state index is -1.19. The van der Waals surface area contributed by atoms with Crippen LogP contribution < -0.4 is 0 Å². The molecule has 0 aliphatic rings. The molecule has 0 bridgehead atoms. The van der Waals surface area contributed by atoms with Crippen molar-refractivity contribution in [2.24, 2.45) is 0 Å². The molecule has 0 saturated heterocycles. The average Bonchev–Trinajstić information content (AvgIpc) is 2.26. The third-order valence-electron chi connectivity index (χ3n) is 2.52. The summed E-state index contributed by atoms with van der Waals surface area (Å²) in [5.74, 6) is -1.18. The summed E-state index contributed by atoms with van der Waals surface area (Å²) >= 11 is 12.0. The van der Waals surface area contributed by atoms with Gasteiger partial charge in [0.1, 0.15) is 0 Å². The molecule has 0 fully saturated rings. The SMILES string of the molecule is CC(C)N(C=O)C(C(=O)O)c1c(Cl)cccc1Cl. The lowest BCUT2D eigenvalue weighted by atomic mass is 10.0. The maximum atomic E-state index is 11.4. The Hall–Kier alpha value is -1.26. The van der Waals surface area contributed by atoms with Crippen LogP contribution in [-0.2, 0) is 9.59 Å². The number of hydrogen-bond donors (Lipinski definition) is 1. The molecule has 1 amide bonds. The number of amides is 1. The van der Waals surface area contributed by atoms with Gasteiger partial charge in [-0.1, -0.05) is 29.3 Å². The molecule has 1 N–H and O–H groups in total. The first-order valence-corrected chi connectivity index (χ1v) is 6.05. The van der Waals surface area contributed by atoms with Gasteiger partial charge in [0.2, 0.25) is 6.41 Å². The molecular formula is C12H13Cl2NO3. The minimum Gasteiger partial charge on any atom is -0.479 e. The van der Waals surface area contributed by atoms with Crippen LogP contribution >= 0.6 is 23.2 Å². The van der Waals surface area contributed by atoms with E-state index < -0.39 is 12.0 Å². The number of halogens is 2. The van der Waals surface area contributed by atoms with Crippen LogP contribution in [-0.4, -0.2) is 28.4 Å². The fraction of sp³-hybridized carbons (Fsp3) is 0.333. The highest BCUT2D eigenvalue weighted by Gasteiger charge is 2.31. The predicted molar refractivity (Wildman–Crippen MR) is 69.9 cm³/mol. The van der Waals surface area contributed by atoms with E-state index in [0.29, 0.717) is 6.41 Å². The molecule has 1 rings (SSSR count). The Morgan fingerprint density at radius 3 is 2.17 bits per heavy atom. The van der Waals surface area contributed by atoms with Crippen molar-refractivity contribution in [2.45, 2.75) is 25.9 Å². The Bertz CT molecular complexity index is 442. The van der Waals surface area contributed by atoms with E-state index in [4.69, 9.17) is 23.2 Å². The predicted octanol–water partition coefficient (Wildman–Crippen LogP) is 2.99. The van der Waals surface area contributed by atoms with E-state index in [-0.39, 0.29) is 21.7 Å². The highest BCUT2D eigenvalue weighted by atomic mass is 35.5. The van der Waals surface area contributed by atoms with Gasteiger partial charge in [0.25, 0.3) is 0 Å². The van der Waals surface area contributed by atoms with Gasteiger partial charge in [-0.05, 0) is 26.0 Å². The first-order chi connectivity index (χ1) is 8.40. The molecular weight excluding hydrogens is 277 g/mol. The lowest BCUT2D eigenvalue weighted by molar-refractivity contribution is -0.147. The topological polar surface area (TPSA) is 57.6 Å². The highest BCUT2D eigenvalue weighted by molar-refractivity contribution is 6.36. The molecule has 98 valence electrons. The molecule has 1 atom stereocenters. The summed E-state index contributed by atoms with van der Waals surface area (Å²) in [5.41, 5.74) is 0.231. The van der Waals surface area contributed by atoms with Gasteiger partial charge >= 0.3 is 5.97 Å². The lowest BCUT2D eigenvalue weighted by Crippen LogP contribution is -2.38. The van der Waals surface area contributed by atoms with E-state index in [1.165, 1.54) is 0 Å². The molecule has 0 aromatic heterocycles. The van der Waals surface area contributed by atoms with Gasteiger partial charge in [-0.15, -0.1) is 0 Å². The van der Waals surface area contributed by atoms with Crippen LogP contribution in [0.15, 0.2) is 18.2 Å². The normalized spacial score (nSPS) is 12.3. The summed E-state index contributed by atoms with van der Waals surface area (Å²) in [6, 6.07) is 3.23. The van der Waals surface area contributed by atoms with Crippen molar-refractivity contribution in [1.29, 1.82) is 0 Å². The second-order valence-corrected chi connectivity index (χ2v) is 4.84. The van der Waals surface area contributed by atoms with Crippen LogP contribution in [0.4, 0.5) is 0 Å². The summed E-state index contributed by atoms with van der Waals surface area (Å²) in [5, 5.41) is 9.76. The lowest BCUT2D eigenvalue weighted by Gasteiger charge is -2.29. The zero-order valence-electron chi connectivity index (χ0n) is 9.93. The Labute approximate surface area is 115 Å². The quantitative estimate of drug-likeness (QED) is 0.848. The minimum absolute atomic E-state index is 0.224. The highest BCUT2D eigenvalue weighted by Crippen LogP contribution is 2.34. The van der Waals surface area contributed by atoms with Gasteiger partial charge in [0, 0.05) is 21.7 Å². The zero-order chi connectivity index (χ0) is 13.9. The molecule has 0 saturated carbocycles. The summed E-state index contributed by atoms with van der Waals surface area (Å²) in [7, 11) is 0. The number of carbonyl (C=O) groups is 2. The van der Waals surface area contributed by atoms with Crippen LogP contribution in [0.3, 0.4) is 0 Å². The Kier molecular flexibility index (Phi) is 4.99. The van der Waals surface area contributed by atoms with Crippen LogP contribution in [0.5, 0.6) is 0 Å². The third kappa shape index (κ3) is 2.94. The van der Waals surface area contributed by atoms with Crippen LogP contribution in [0, 0.1) is 0 Å². The summed E-state index contributed by atoms with van der Waals surface area (Å²) in [6.45, 7) is 3.43. The van der Waals surface area contributed by atoms with Crippen molar-refractivity contribution in [2.75, 3.05) is 0 Å². The van der Waals surface area contributed by atoms with Gasteiger partial charge in [0.05, 0.1) is 0 Å². The second kappa shape index (κ2) is 6.07.